The number of hydrogen-bond donors (Lipinski definition) is 0. The van der Waals surface area contributed by atoms with Gasteiger partial charge in [-0.25, -0.2) is 9.37 Å². The average molecular weight is 322 g/mol. The van der Waals surface area contributed by atoms with E-state index >= 15 is 0 Å². The van der Waals surface area contributed by atoms with Crippen molar-refractivity contribution in [3.8, 4) is 11.6 Å². The zero-order valence-corrected chi connectivity index (χ0v) is 13.6. The molecule has 0 N–H and O–H groups in total. The second kappa shape index (κ2) is 6.19. The Kier molecular flexibility index (Phi) is 3.89. The topological polar surface area (TPSA) is 38.9 Å². The monoisotopic (exact) mass is 322 g/mol. The number of pyridine rings is 1. The fraction of sp³-hybridized carbons (Fsp3) is 0.300. The Balaban J connectivity index is 1.66. The van der Waals surface area contributed by atoms with Crippen molar-refractivity contribution in [3.05, 3.63) is 71.0 Å². The Labute approximate surface area is 140 Å². The molecule has 0 amide bonds. The molecular formula is C20H19FN2O. The van der Waals surface area contributed by atoms with Crippen LogP contribution in [0.25, 0.3) is 11.6 Å². The molecule has 0 radical (unpaired) electrons. The normalized spacial score (nSPS) is 17.3. The van der Waals surface area contributed by atoms with Crippen LogP contribution in [0.1, 0.15) is 41.3 Å². The summed E-state index contributed by atoms with van der Waals surface area (Å²) in [5.41, 5.74) is 3.78. The summed E-state index contributed by atoms with van der Waals surface area (Å²) in [4.78, 5) is 8.95. The first-order valence-corrected chi connectivity index (χ1v) is 8.36. The van der Waals surface area contributed by atoms with E-state index in [0.717, 1.165) is 54.0 Å². The van der Waals surface area contributed by atoms with Crippen LogP contribution in [0.15, 0.2) is 47.0 Å². The molecule has 0 aliphatic heterocycles. The molecule has 0 saturated heterocycles. The van der Waals surface area contributed by atoms with Crippen LogP contribution >= 0.6 is 0 Å². The lowest BCUT2D eigenvalue weighted by molar-refractivity contribution is 0.485. The smallest absolute Gasteiger partial charge is 0.245 e. The van der Waals surface area contributed by atoms with Gasteiger partial charge in [-0.1, -0.05) is 12.1 Å². The highest BCUT2D eigenvalue weighted by Crippen LogP contribution is 2.34. The van der Waals surface area contributed by atoms with Crippen LogP contribution in [0.2, 0.25) is 0 Å². The van der Waals surface area contributed by atoms with E-state index in [1.165, 1.54) is 0 Å². The van der Waals surface area contributed by atoms with Gasteiger partial charge in [-0.05, 0) is 67.5 Å². The average Bonchev–Trinajstić information content (AvgIpc) is 2.86. The molecule has 122 valence electrons. The van der Waals surface area contributed by atoms with Crippen LogP contribution in [0.3, 0.4) is 0 Å². The van der Waals surface area contributed by atoms with Crippen LogP contribution < -0.4 is 0 Å². The van der Waals surface area contributed by atoms with Crippen LogP contribution in [0.4, 0.5) is 4.39 Å². The molecule has 4 rings (SSSR count). The molecular weight excluding hydrogens is 303 g/mol. The molecule has 4 heteroatoms. The number of fused-ring (bicyclic) bond motifs is 1. The number of halogens is 1. The first kappa shape index (κ1) is 15.1. The third-order valence-corrected chi connectivity index (χ3v) is 4.60. The van der Waals surface area contributed by atoms with E-state index in [9.17, 15) is 4.39 Å². The van der Waals surface area contributed by atoms with Gasteiger partial charge in [0, 0.05) is 12.6 Å². The van der Waals surface area contributed by atoms with Gasteiger partial charge in [0.05, 0.1) is 5.69 Å². The summed E-state index contributed by atoms with van der Waals surface area (Å²) in [5.74, 6) is 1.60. The number of nitrogens with zero attached hydrogens (tertiary/aromatic N) is 2. The molecule has 2 aromatic heterocycles. The Hall–Kier alpha value is -2.49. The van der Waals surface area contributed by atoms with Gasteiger partial charge in [-0.15, -0.1) is 0 Å². The molecule has 24 heavy (non-hydrogen) atoms. The molecule has 3 nitrogen and oxygen atoms in total. The molecule has 0 saturated carbocycles. The molecule has 1 atom stereocenters. The maximum atomic E-state index is 13.8. The molecule has 0 spiro atoms. The molecule has 1 aliphatic carbocycles. The van der Waals surface area contributed by atoms with Crippen molar-refractivity contribution in [2.45, 2.75) is 38.5 Å². The van der Waals surface area contributed by atoms with Crippen LogP contribution in [-0.2, 0) is 12.8 Å². The fourth-order valence-corrected chi connectivity index (χ4v) is 3.46. The summed E-state index contributed by atoms with van der Waals surface area (Å²) in [6.07, 6.45) is 5.45. The molecule has 0 fully saturated rings. The number of benzene rings is 1. The number of oxazole rings is 1. The van der Waals surface area contributed by atoms with Gasteiger partial charge in [0.2, 0.25) is 5.89 Å². The molecule has 3 aromatic rings. The number of hydrogen-bond acceptors (Lipinski definition) is 3. The van der Waals surface area contributed by atoms with Crippen LogP contribution in [0.5, 0.6) is 0 Å². The minimum absolute atomic E-state index is 0.166. The first-order valence-electron chi connectivity index (χ1n) is 8.36. The summed E-state index contributed by atoms with van der Waals surface area (Å²) in [5, 5.41) is 0. The highest BCUT2D eigenvalue weighted by atomic mass is 19.1. The summed E-state index contributed by atoms with van der Waals surface area (Å²) in [6.45, 7) is 1.93. The van der Waals surface area contributed by atoms with E-state index in [0.29, 0.717) is 5.89 Å². The number of aromatic nitrogens is 2. The minimum atomic E-state index is -0.166. The predicted octanol–water partition coefficient (Wildman–Crippen LogP) is 4.85. The lowest BCUT2D eigenvalue weighted by Crippen LogP contribution is -2.02. The summed E-state index contributed by atoms with van der Waals surface area (Å²) >= 11 is 0. The summed E-state index contributed by atoms with van der Waals surface area (Å²) in [7, 11) is 0. The molecule has 1 aromatic carbocycles. The standard InChI is InChI=1S/C20H19FN2O/c1-13-9-15(11-16(21)10-13)14-5-4-7-17-19(12-14)24-20(23-17)18-6-2-3-8-22-18/h2-3,6,8-11,14H,4-5,7,12H2,1H3. The van der Waals surface area contributed by atoms with Crippen molar-refractivity contribution in [3.63, 3.8) is 0 Å². The van der Waals surface area contributed by atoms with Crippen molar-refractivity contribution >= 4 is 0 Å². The summed E-state index contributed by atoms with van der Waals surface area (Å²) in [6, 6.07) is 11.0. The summed E-state index contributed by atoms with van der Waals surface area (Å²) < 4.78 is 19.8. The number of aryl methyl sites for hydroxylation is 2. The van der Waals surface area contributed by atoms with Crippen molar-refractivity contribution in [2.24, 2.45) is 0 Å². The third-order valence-electron chi connectivity index (χ3n) is 4.60. The van der Waals surface area contributed by atoms with E-state index in [4.69, 9.17) is 4.42 Å². The molecule has 2 heterocycles. The molecule has 0 bridgehead atoms. The van der Waals surface area contributed by atoms with Gasteiger partial charge in [-0.3, -0.25) is 4.98 Å². The van der Waals surface area contributed by atoms with Gasteiger partial charge < -0.3 is 4.42 Å². The van der Waals surface area contributed by atoms with Gasteiger partial charge in [0.1, 0.15) is 17.3 Å². The Morgan fingerprint density at radius 1 is 1.21 bits per heavy atom. The zero-order valence-electron chi connectivity index (χ0n) is 13.6. The van der Waals surface area contributed by atoms with Crippen molar-refractivity contribution in [1.29, 1.82) is 0 Å². The second-order valence-corrected chi connectivity index (χ2v) is 6.46. The number of rotatable bonds is 2. The minimum Gasteiger partial charge on any atom is -0.440 e. The molecule has 1 unspecified atom stereocenters. The first-order chi connectivity index (χ1) is 11.7. The van der Waals surface area contributed by atoms with Gasteiger partial charge in [0.25, 0.3) is 0 Å². The Morgan fingerprint density at radius 2 is 2.12 bits per heavy atom. The predicted molar refractivity (Wildman–Crippen MR) is 90.3 cm³/mol. The SMILES string of the molecule is Cc1cc(F)cc(C2CCCc3nc(-c4ccccn4)oc3C2)c1. The van der Waals surface area contributed by atoms with Gasteiger partial charge in [0.15, 0.2) is 0 Å². The maximum Gasteiger partial charge on any atom is 0.245 e. The molecule has 1 aliphatic rings. The van der Waals surface area contributed by atoms with Crippen LogP contribution in [0, 0.1) is 12.7 Å². The van der Waals surface area contributed by atoms with Gasteiger partial charge in [-0.2, -0.15) is 0 Å². The lowest BCUT2D eigenvalue weighted by atomic mass is 9.91. The van der Waals surface area contributed by atoms with Crippen LogP contribution in [-0.4, -0.2) is 9.97 Å². The van der Waals surface area contributed by atoms with Gasteiger partial charge >= 0.3 is 0 Å². The quantitative estimate of drug-likeness (QED) is 0.633. The van der Waals surface area contributed by atoms with E-state index in [-0.39, 0.29) is 11.7 Å². The Bertz CT molecular complexity index is 837. The highest BCUT2D eigenvalue weighted by molar-refractivity contribution is 5.47. The van der Waals surface area contributed by atoms with E-state index in [1.807, 2.05) is 25.1 Å². The zero-order chi connectivity index (χ0) is 16.5. The largest absolute Gasteiger partial charge is 0.440 e. The fourth-order valence-electron chi connectivity index (χ4n) is 3.46. The van der Waals surface area contributed by atoms with E-state index in [2.05, 4.69) is 16.0 Å². The third kappa shape index (κ3) is 2.96. The Morgan fingerprint density at radius 3 is 2.92 bits per heavy atom. The van der Waals surface area contributed by atoms with Crippen molar-refractivity contribution in [1.82, 2.24) is 9.97 Å². The van der Waals surface area contributed by atoms with Crippen molar-refractivity contribution < 1.29 is 8.81 Å². The second-order valence-electron chi connectivity index (χ2n) is 6.46. The van der Waals surface area contributed by atoms with E-state index < -0.39 is 0 Å². The van der Waals surface area contributed by atoms with E-state index in [1.54, 1.807) is 18.3 Å². The highest BCUT2D eigenvalue weighted by Gasteiger charge is 2.24. The maximum absolute atomic E-state index is 13.8. The lowest BCUT2D eigenvalue weighted by Gasteiger charge is -2.15. The van der Waals surface area contributed by atoms with Crippen molar-refractivity contribution in [2.75, 3.05) is 0 Å².